The molecule has 0 spiro atoms. The molecule has 2 rings (SSSR count). The summed E-state index contributed by atoms with van der Waals surface area (Å²) in [5.74, 6) is 0.330. The Bertz CT molecular complexity index is 392. The smallest absolute Gasteiger partial charge is 0.127 e. The van der Waals surface area contributed by atoms with Crippen molar-refractivity contribution in [1.82, 2.24) is 0 Å². The summed E-state index contributed by atoms with van der Waals surface area (Å²) < 4.78 is 24.5. The Hall–Kier alpha value is -1.13. The summed E-state index contributed by atoms with van der Waals surface area (Å²) in [5.41, 5.74) is 6.36. The van der Waals surface area contributed by atoms with Crippen LogP contribution in [0, 0.1) is 5.82 Å². The molecule has 3 nitrogen and oxygen atoms in total. The molecule has 1 unspecified atom stereocenters. The van der Waals surface area contributed by atoms with E-state index in [1.165, 1.54) is 12.1 Å². The fourth-order valence-electron chi connectivity index (χ4n) is 2.39. The van der Waals surface area contributed by atoms with E-state index in [9.17, 15) is 4.39 Å². The van der Waals surface area contributed by atoms with Gasteiger partial charge in [-0.25, -0.2) is 4.39 Å². The minimum atomic E-state index is -0.264. The van der Waals surface area contributed by atoms with Crippen LogP contribution in [0.3, 0.4) is 0 Å². The molecule has 2 N–H and O–H groups in total. The molecule has 0 saturated carbocycles. The number of hydrogen-bond acceptors (Lipinski definition) is 3. The molecule has 1 aromatic carbocycles. The molecule has 1 atom stereocenters. The summed E-state index contributed by atoms with van der Waals surface area (Å²) in [4.78, 5) is 0. The SMILES string of the molecule is NCCc1cc(F)cc(OCCCC2CCCO2)c1. The lowest BCUT2D eigenvalue weighted by Gasteiger charge is -2.11. The normalized spacial score (nSPS) is 18.7. The first kappa shape index (κ1) is 14.3. The van der Waals surface area contributed by atoms with Crippen molar-refractivity contribution in [2.75, 3.05) is 19.8 Å². The highest BCUT2D eigenvalue weighted by Gasteiger charge is 2.14. The first-order valence-electron chi connectivity index (χ1n) is 7.02. The maximum absolute atomic E-state index is 13.4. The molecule has 4 heteroatoms. The number of ether oxygens (including phenoxy) is 2. The van der Waals surface area contributed by atoms with E-state index in [0.717, 1.165) is 37.9 Å². The number of nitrogens with two attached hydrogens (primary N) is 1. The minimum Gasteiger partial charge on any atom is -0.493 e. The molecule has 0 radical (unpaired) electrons. The van der Waals surface area contributed by atoms with E-state index in [-0.39, 0.29) is 5.82 Å². The van der Waals surface area contributed by atoms with E-state index in [4.69, 9.17) is 15.2 Å². The zero-order chi connectivity index (χ0) is 13.5. The van der Waals surface area contributed by atoms with Crippen LogP contribution in [0.4, 0.5) is 4.39 Å². The zero-order valence-electron chi connectivity index (χ0n) is 11.2. The molecular formula is C15H22FNO2. The third kappa shape index (κ3) is 4.80. The second kappa shape index (κ2) is 7.46. The Morgan fingerprint density at radius 1 is 1.37 bits per heavy atom. The van der Waals surface area contributed by atoms with Crippen molar-refractivity contribution in [3.8, 4) is 5.75 Å². The highest BCUT2D eigenvalue weighted by Crippen LogP contribution is 2.19. The molecule has 0 amide bonds. The van der Waals surface area contributed by atoms with Gasteiger partial charge < -0.3 is 15.2 Å². The van der Waals surface area contributed by atoms with E-state index >= 15 is 0 Å². The molecular weight excluding hydrogens is 245 g/mol. The maximum Gasteiger partial charge on any atom is 0.127 e. The van der Waals surface area contributed by atoms with Gasteiger partial charge in [-0.05, 0) is 56.3 Å². The third-order valence-corrected chi connectivity index (χ3v) is 3.33. The monoisotopic (exact) mass is 267 g/mol. The second-order valence-corrected chi connectivity index (χ2v) is 4.96. The van der Waals surface area contributed by atoms with Crippen molar-refractivity contribution in [3.63, 3.8) is 0 Å². The fraction of sp³-hybridized carbons (Fsp3) is 0.600. The number of rotatable bonds is 7. The van der Waals surface area contributed by atoms with Gasteiger partial charge in [0.25, 0.3) is 0 Å². The molecule has 1 heterocycles. The summed E-state index contributed by atoms with van der Waals surface area (Å²) in [6, 6.07) is 4.79. The van der Waals surface area contributed by atoms with Crippen molar-refractivity contribution < 1.29 is 13.9 Å². The molecule has 1 saturated heterocycles. The first-order chi connectivity index (χ1) is 9.28. The third-order valence-electron chi connectivity index (χ3n) is 3.33. The highest BCUT2D eigenvalue weighted by molar-refractivity contribution is 5.29. The first-order valence-corrected chi connectivity index (χ1v) is 7.02. The molecule has 1 aliphatic heterocycles. The van der Waals surface area contributed by atoms with Gasteiger partial charge in [0.1, 0.15) is 11.6 Å². The number of halogens is 1. The topological polar surface area (TPSA) is 44.5 Å². The van der Waals surface area contributed by atoms with Gasteiger partial charge in [0.2, 0.25) is 0 Å². The summed E-state index contributed by atoms with van der Waals surface area (Å²) in [6.07, 6.45) is 5.34. The minimum absolute atomic E-state index is 0.264. The largest absolute Gasteiger partial charge is 0.493 e. The summed E-state index contributed by atoms with van der Waals surface area (Å²) >= 11 is 0. The lowest BCUT2D eigenvalue weighted by Crippen LogP contribution is -2.08. The van der Waals surface area contributed by atoms with Crippen LogP contribution in [0.5, 0.6) is 5.75 Å². The van der Waals surface area contributed by atoms with Gasteiger partial charge in [0.05, 0.1) is 12.7 Å². The molecule has 1 aromatic rings. The van der Waals surface area contributed by atoms with Crippen LogP contribution in [0.1, 0.15) is 31.2 Å². The van der Waals surface area contributed by atoms with Crippen LogP contribution in [0.15, 0.2) is 18.2 Å². The summed E-state index contributed by atoms with van der Waals surface area (Å²) in [7, 11) is 0. The molecule has 0 aromatic heterocycles. The van der Waals surface area contributed by atoms with Crippen LogP contribution in [0.25, 0.3) is 0 Å². The molecule has 0 aliphatic carbocycles. The predicted molar refractivity (Wildman–Crippen MR) is 72.9 cm³/mol. The van der Waals surface area contributed by atoms with Crippen LogP contribution in [-0.4, -0.2) is 25.9 Å². The van der Waals surface area contributed by atoms with Crippen molar-refractivity contribution in [3.05, 3.63) is 29.6 Å². The Labute approximate surface area is 113 Å². The second-order valence-electron chi connectivity index (χ2n) is 4.96. The van der Waals surface area contributed by atoms with Crippen LogP contribution >= 0.6 is 0 Å². The van der Waals surface area contributed by atoms with Crippen molar-refractivity contribution in [1.29, 1.82) is 0 Å². The van der Waals surface area contributed by atoms with Crippen molar-refractivity contribution in [2.45, 2.75) is 38.2 Å². The van der Waals surface area contributed by atoms with Gasteiger partial charge in [0.15, 0.2) is 0 Å². The van der Waals surface area contributed by atoms with Gasteiger partial charge in [-0.2, -0.15) is 0 Å². The van der Waals surface area contributed by atoms with Gasteiger partial charge in [-0.15, -0.1) is 0 Å². The Balaban J connectivity index is 1.75. The number of hydrogen-bond donors (Lipinski definition) is 1. The predicted octanol–water partition coefficient (Wildman–Crippen LogP) is 2.66. The van der Waals surface area contributed by atoms with E-state index < -0.39 is 0 Å². The summed E-state index contributed by atoms with van der Waals surface area (Å²) in [6.45, 7) is 2.01. The molecule has 0 bridgehead atoms. The van der Waals surface area contributed by atoms with E-state index in [1.54, 1.807) is 0 Å². The average Bonchev–Trinajstić information content (AvgIpc) is 2.87. The van der Waals surface area contributed by atoms with E-state index in [0.29, 0.717) is 31.4 Å². The molecule has 1 aliphatic rings. The zero-order valence-corrected chi connectivity index (χ0v) is 11.2. The van der Waals surface area contributed by atoms with Gasteiger partial charge >= 0.3 is 0 Å². The van der Waals surface area contributed by atoms with Gasteiger partial charge in [-0.1, -0.05) is 0 Å². The fourth-order valence-corrected chi connectivity index (χ4v) is 2.39. The van der Waals surface area contributed by atoms with Crippen LogP contribution < -0.4 is 10.5 Å². The van der Waals surface area contributed by atoms with E-state index in [1.807, 2.05) is 6.07 Å². The van der Waals surface area contributed by atoms with E-state index in [2.05, 4.69) is 0 Å². The Morgan fingerprint density at radius 2 is 2.26 bits per heavy atom. The summed E-state index contributed by atoms with van der Waals surface area (Å²) in [5, 5.41) is 0. The molecule has 106 valence electrons. The Morgan fingerprint density at radius 3 is 3.00 bits per heavy atom. The van der Waals surface area contributed by atoms with Crippen LogP contribution in [-0.2, 0) is 11.2 Å². The van der Waals surface area contributed by atoms with Crippen molar-refractivity contribution in [2.24, 2.45) is 5.73 Å². The standard InChI is InChI=1S/C15H22FNO2/c16-13-9-12(5-6-17)10-15(11-13)19-8-2-4-14-3-1-7-18-14/h9-11,14H,1-8,17H2. The molecule has 1 fully saturated rings. The number of benzene rings is 1. The lowest BCUT2D eigenvalue weighted by atomic mass is 10.1. The molecule has 19 heavy (non-hydrogen) atoms. The van der Waals surface area contributed by atoms with Crippen LogP contribution in [0.2, 0.25) is 0 Å². The Kier molecular flexibility index (Phi) is 5.61. The van der Waals surface area contributed by atoms with Crippen molar-refractivity contribution >= 4 is 0 Å². The van der Waals surface area contributed by atoms with Gasteiger partial charge in [0, 0.05) is 12.7 Å². The maximum atomic E-state index is 13.4. The quantitative estimate of drug-likeness (QED) is 0.772. The average molecular weight is 267 g/mol. The highest BCUT2D eigenvalue weighted by atomic mass is 19.1. The lowest BCUT2D eigenvalue weighted by molar-refractivity contribution is 0.0981. The van der Waals surface area contributed by atoms with Gasteiger partial charge in [-0.3, -0.25) is 0 Å².